The minimum atomic E-state index is 0.447. The van der Waals surface area contributed by atoms with Crippen molar-refractivity contribution in [3.63, 3.8) is 0 Å². The highest BCUT2D eigenvalue weighted by molar-refractivity contribution is 5.15. The Kier molecular flexibility index (Phi) is 2.30. The van der Waals surface area contributed by atoms with Crippen LogP contribution < -0.4 is 0 Å². The highest BCUT2D eigenvalue weighted by atomic mass is 15.4. The number of aryl methyl sites for hydroxylation is 1. The molecule has 1 aromatic heterocycles. The summed E-state index contributed by atoms with van der Waals surface area (Å²) in [5.41, 5.74) is 2.68. The number of hydrogen-bond donors (Lipinski definition) is 0. The number of aromatic nitrogens is 3. The molecule has 16 heavy (non-hydrogen) atoms. The van der Waals surface area contributed by atoms with Gasteiger partial charge in [-0.25, -0.2) is 4.68 Å². The third-order valence-corrected chi connectivity index (χ3v) is 4.55. The van der Waals surface area contributed by atoms with Crippen LogP contribution in [0.1, 0.15) is 51.0 Å². The molecule has 0 aliphatic heterocycles. The monoisotopic (exact) mass is 219 g/mol. The molecule has 1 heterocycles. The SMILES string of the molecule is CC1[C@H]2CCc3nnn(C(C)C)c3CC[C@@H]12. The Morgan fingerprint density at radius 3 is 2.56 bits per heavy atom. The highest BCUT2D eigenvalue weighted by Gasteiger charge is 2.46. The summed E-state index contributed by atoms with van der Waals surface area (Å²) in [5.74, 6) is 2.94. The van der Waals surface area contributed by atoms with Crippen LogP contribution in [0.5, 0.6) is 0 Å². The fourth-order valence-electron chi connectivity index (χ4n) is 3.41. The van der Waals surface area contributed by atoms with E-state index in [4.69, 9.17) is 0 Å². The maximum absolute atomic E-state index is 4.37. The topological polar surface area (TPSA) is 30.7 Å². The second-order valence-corrected chi connectivity index (χ2v) is 5.79. The number of fused-ring (bicyclic) bond motifs is 2. The molecule has 88 valence electrons. The fraction of sp³-hybridized carbons (Fsp3) is 0.846. The van der Waals surface area contributed by atoms with E-state index in [0.717, 1.165) is 24.2 Å². The Bertz CT molecular complexity index is 394. The Labute approximate surface area is 97.2 Å². The summed E-state index contributed by atoms with van der Waals surface area (Å²) in [7, 11) is 0. The largest absolute Gasteiger partial charge is 0.247 e. The van der Waals surface area contributed by atoms with Gasteiger partial charge in [-0.3, -0.25) is 0 Å². The first kappa shape index (κ1) is 10.3. The molecule has 0 saturated heterocycles. The van der Waals surface area contributed by atoms with Crippen LogP contribution in [-0.2, 0) is 12.8 Å². The van der Waals surface area contributed by atoms with E-state index >= 15 is 0 Å². The third-order valence-electron chi connectivity index (χ3n) is 4.55. The Balaban J connectivity index is 1.87. The third kappa shape index (κ3) is 1.48. The molecule has 0 spiro atoms. The average Bonchev–Trinajstić information content (AvgIpc) is 2.67. The summed E-state index contributed by atoms with van der Waals surface area (Å²) in [6.07, 6.45) is 5.01. The van der Waals surface area contributed by atoms with E-state index in [1.807, 2.05) is 0 Å². The molecule has 1 fully saturated rings. The zero-order chi connectivity index (χ0) is 11.3. The van der Waals surface area contributed by atoms with E-state index in [0.29, 0.717) is 6.04 Å². The lowest BCUT2D eigenvalue weighted by atomic mass is 10.0. The second-order valence-electron chi connectivity index (χ2n) is 5.79. The van der Waals surface area contributed by atoms with Crippen molar-refractivity contribution >= 4 is 0 Å². The maximum Gasteiger partial charge on any atom is 0.0859 e. The molecule has 1 saturated carbocycles. The quantitative estimate of drug-likeness (QED) is 0.727. The van der Waals surface area contributed by atoms with Crippen LogP contribution in [0, 0.1) is 17.8 Å². The van der Waals surface area contributed by atoms with Crippen LogP contribution in [0.2, 0.25) is 0 Å². The van der Waals surface area contributed by atoms with Gasteiger partial charge in [0.25, 0.3) is 0 Å². The van der Waals surface area contributed by atoms with Crippen molar-refractivity contribution in [2.24, 2.45) is 17.8 Å². The number of hydrogen-bond acceptors (Lipinski definition) is 2. The molecule has 2 aliphatic rings. The van der Waals surface area contributed by atoms with E-state index in [2.05, 4.69) is 35.8 Å². The Morgan fingerprint density at radius 2 is 1.88 bits per heavy atom. The molecule has 2 aliphatic carbocycles. The van der Waals surface area contributed by atoms with Crippen molar-refractivity contribution in [3.8, 4) is 0 Å². The lowest BCUT2D eigenvalue weighted by molar-refractivity contribution is 0.481. The average molecular weight is 219 g/mol. The lowest BCUT2D eigenvalue weighted by Crippen LogP contribution is -2.10. The van der Waals surface area contributed by atoms with Crippen LogP contribution in [0.15, 0.2) is 0 Å². The smallest absolute Gasteiger partial charge is 0.0859 e. The molecule has 3 nitrogen and oxygen atoms in total. The first-order valence-corrected chi connectivity index (χ1v) is 6.61. The summed E-state index contributed by atoms with van der Waals surface area (Å²) in [4.78, 5) is 0. The molecule has 3 heteroatoms. The molecule has 0 N–H and O–H groups in total. The van der Waals surface area contributed by atoms with Gasteiger partial charge in [0.1, 0.15) is 0 Å². The van der Waals surface area contributed by atoms with Gasteiger partial charge < -0.3 is 0 Å². The fourth-order valence-corrected chi connectivity index (χ4v) is 3.41. The molecular formula is C13H21N3. The van der Waals surface area contributed by atoms with E-state index < -0.39 is 0 Å². The predicted molar refractivity (Wildman–Crippen MR) is 63.2 cm³/mol. The molecule has 0 radical (unpaired) electrons. The van der Waals surface area contributed by atoms with Crippen LogP contribution in [0.3, 0.4) is 0 Å². The zero-order valence-electron chi connectivity index (χ0n) is 10.5. The summed E-state index contributed by atoms with van der Waals surface area (Å²) in [6.45, 7) is 6.79. The lowest BCUT2D eigenvalue weighted by Gasteiger charge is -2.12. The van der Waals surface area contributed by atoms with Crippen molar-refractivity contribution in [3.05, 3.63) is 11.4 Å². The van der Waals surface area contributed by atoms with E-state index in [-0.39, 0.29) is 0 Å². The van der Waals surface area contributed by atoms with E-state index in [1.165, 1.54) is 30.7 Å². The van der Waals surface area contributed by atoms with E-state index in [9.17, 15) is 0 Å². The number of nitrogens with zero attached hydrogens (tertiary/aromatic N) is 3. The van der Waals surface area contributed by atoms with Gasteiger partial charge in [0, 0.05) is 6.04 Å². The summed E-state index contributed by atoms with van der Waals surface area (Å²) >= 11 is 0. The van der Waals surface area contributed by atoms with Crippen LogP contribution in [-0.4, -0.2) is 15.0 Å². The molecule has 0 amide bonds. The van der Waals surface area contributed by atoms with Crippen molar-refractivity contribution < 1.29 is 0 Å². The van der Waals surface area contributed by atoms with Crippen LogP contribution >= 0.6 is 0 Å². The van der Waals surface area contributed by atoms with Gasteiger partial charge in [0.15, 0.2) is 0 Å². The van der Waals surface area contributed by atoms with Crippen molar-refractivity contribution in [2.45, 2.75) is 52.5 Å². The normalized spacial score (nSPS) is 32.9. The van der Waals surface area contributed by atoms with Crippen molar-refractivity contribution in [1.29, 1.82) is 0 Å². The van der Waals surface area contributed by atoms with Gasteiger partial charge in [0.2, 0.25) is 0 Å². The van der Waals surface area contributed by atoms with Crippen LogP contribution in [0.25, 0.3) is 0 Å². The second kappa shape index (κ2) is 3.57. The van der Waals surface area contributed by atoms with Gasteiger partial charge in [-0.2, -0.15) is 0 Å². The minimum Gasteiger partial charge on any atom is -0.247 e. The summed E-state index contributed by atoms with van der Waals surface area (Å²) in [6, 6.07) is 0.447. The van der Waals surface area contributed by atoms with Gasteiger partial charge in [0.05, 0.1) is 11.4 Å². The van der Waals surface area contributed by atoms with Crippen molar-refractivity contribution in [2.75, 3.05) is 0 Å². The van der Waals surface area contributed by atoms with Crippen molar-refractivity contribution in [1.82, 2.24) is 15.0 Å². The first-order valence-electron chi connectivity index (χ1n) is 6.61. The van der Waals surface area contributed by atoms with Gasteiger partial charge in [-0.05, 0) is 57.3 Å². The van der Waals surface area contributed by atoms with Gasteiger partial charge in [-0.15, -0.1) is 5.10 Å². The minimum absolute atomic E-state index is 0.447. The first-order chi connectivity index (χ1) is 7.68. The molecular weight excluding hydrogens is 198 g/mol. The Morgan fingerprint density at radius 1 is 1.19 bits per heavy atom. The van der Waals surface area contributed by atoms with E-state index in [1.54, 1.807) is 0 Å². The molecule has 1 unspecified atom stereocenters. The predicted octanol–water partition coefficient (Wildman–Crippen LogP) is 2.62. The molecule has 3 rings (SSSR count). The molecule has 0 aromatic carbocycles. The van der Waals surface area contributed by atoms with Gasteiger partial charge >= 0.3 is 0 Å². The highest BCUT2D eigenvalue weighted by Crippen LogP contribution is 2.52. The number of rotatable bonds is 1. The van der Waals surface area contributed by atoms with Crippen LogP contribution in [0.4, 0.5) is 0 Å². The van der Waals surface area contributed by atoms with Gasteiger partial charge in [-0.1, -0.05) is 12.1 Å². The summed E-state index contributed by atoms with van der Waals surface area (Å²) < 4.78 is 2.13. The standard InChI is InChI=1S/C13H21N3/c1-8(2)16-13-7-5-11-9(3)10(11)4-6-12(13)14-15-16/h8-11H,4-7H2,1-3H3/t9?,10-,11+/m1/s1. The molecule has 0 bridgehead atoms. The molecule has 3 atom stereocenters. The zero-order valence-corrected chi connectivity index (χ0v) is 10.5. The summed E-state index contributed by atoms with van der Waals surface area (Å²) in [5, 5.41) is 8.68. The maximum atomic E-state index is 4.37. The Hall–Kier alpha value is -0.860. The molecule has 1 aromatic rings.